The van der Waals surface area contributed by atoms with Crippen LogP contribution in [0.1, 0.15) is 18.4 Å². The Morgan fingerprint density at radius 2 is 2.00 bits per heavy atom. The number of rotatable bonds is 3. The summed E-state index contributed by atoms with van der Waals surface area (Å²) in [5.41, 5.74) is 6.02. The minimum atomic E-state index is -0.399. The maximum absolute atomic E-state index is 13.5. The van der Waals surface area contributed by atoms with Crippen molar-refractivity contribution in [3.8, 4) is 0 Å². The highest BCUT2D eigenvalue weighted by molar-refractivity contribution is 7.80. The molecule has 2 nitrogen and oxygen atoms in total. The molecule has 0 unspecified atom stereocenters. The van der Waals surface area contributed by atoms with E-state index in [9.17, 15) is 8.78 Å². The Balaban J connectivity index is 1.95. The molecular weight excluding hydrogens is 254 g/mol. The van der Waals surface area contributed by atoms with Crippen LogP contribution in [0.4, 0.5) is 8.78 Å². The molecule has 1 fully saturated rings. The van der Waals surface area contributed by atoms with Gasteiger partial charge >= 0.3 is 0 Å². The third-order valence-corrected chi connectivity index (χ3v) is 3.72. The summed E-state index contributed by atoms with van der Waals surface area (Å²) in [5, 5.41) is 0. The van der Waals surface area contributed by atoms with E-state index in [-0.39, 0.29) is 11.7 Å². The van der Waals surface area contributed by atoms with Gasteiger partial charge in [0.2, 0.25) is 0 Å². The SMILES string of the molecule is NC(=S)C1CCN(Cc2cc(F)ccc2F)CC1. The molecule has 0 aromatic heterocycles. The average Bonchev–Trinajstić information content (AvgIpc) is 2.34. The van der Waals surface area contributed by atoms with Gasteiger partial charge in [0.05, 0.1) is 4.99 Å². The summed E-state index contributed by atoms with van der Waals surface area (Å²) in [6.07, 6.45) is 1.79. The molecular formula is C13H16F2N2S. The first kappa shape index (κ1) is 13.4. The van der Waals surface area contributed by atoms with E-state index in [0.29, 0.717) is 17.1 Å². The van der Waals surface area contributed by atoms with E-state index in [2.05, 4.69) is 4.90 Å². The Bertz CT molecular complexity index is 443. The van der Waals surface area contributed by atoms with Crippen molar-refractivity contribution in [3.05, 3.63) is 35.4 Å². The summed E-state index contributed by atoms with van der Waals surface area (Å²) in [7, 11) is 0. The standard InChI is InChI=1S/C13H16F2N2S/c14-11-1-2-12(15)10(7-11)8-17-5-3-9(4-6-17)13(16)18/h1-2,7,9H,3-6,8H2,(H2,16,18). The second kappa shape index (κ2) is 5.71. The second-order valence-electron chi connectivity index (χ2n) is 4.69. The Morgan fingerprint density at radius 3 is 2.61 bits per heavy atom. The van der Waals surface area contributed by atoms with Gasteiger partial charge in [-0.1, -0.05) is 12.2 Å². The lowest BCUT2D eigenvalue weighted by Crippen LogP contribution is -2.37. The molecule has 2 rings (SSSR count). The number of likely N-dealkylation sites (tertiary alicyclic amines) is 1. The minimum absolute atomic E-state index is 0.286. The van der Waals surface area contributed by atoms with Crippen LogP contribution in [0.5, 0.6) is 0 Å². The lowest BCUT2D eigenvalue weighted by molar-refractivity contribution is 0.200. The smallest absolute Gasteiger partial charge is 0.127 e. The first-order chi connectivity index (χ1) is 8.56. The molecule has 18 heavy (non-hydrogen) atoms. The molecule has 0 saturated carbocycles. The number of hydrogen-bond donors (Lipinski definition) is 1. The van der Waals surface area contributed by atoms with Gasteiger partial charge in [-0.05, 0) is 44.1 Å². The van der Waals surface area contributed by atoms with Crippen LogP contribution in [0.3, 0.4) is 0 Å². The van der Waals surface area contributed by atoms with E-state index in [1.807, 2.05) is 0 Å². The fourth-order valence-electron chi connectivity index (χ4n) is 2.28. The highest BCUT2D eigenvalue weighted by atomic mass is 32.1. The molecule has 2 N–H and O–H groups in total. The van der Waals surface area contributed by atoms with E-state index in [0.717, 1.165) is 32.0 Å². The minimum Gasteiger partial charge on any atom is -0.393 e. The molecule has 0 spiro atoms. The van der Waals surface area contributed by atoms with Crippen LogP contribution in [0.2, 0.25) is 0 Å². The van der Waals surface area contributed by atoms with Gasteiger partial charge in [-0.2, -0.15) is 0 Å². The van der Waals surface area contributed by atoms with Crippen molar-refractivity contribution in [2.45, 2.75) is 19.4 Å². The number of nitrogens with zero attached hydrogens (tertiary/aromatic N) is 1. The highest BCUT2D eigenvalue weighted by Gasteiger charge is 2.21. The van der Waals surface area contributed by atoms with Crippen LogP contribution in [0.15, 0.2) is 18.2 Å². The molecule has 1 aromatic carbocycles. The Hall–Kier alpha value is -1.07. The molecule has 1 heterocycles. The summed E-state index contributed by atoms with van der Waals surface area (Å²) < 4.78 is 26.5. The van der Waals surface area contributed by atoms with Crippen molar-refractivity contribution in [2.75, 3.05) is 13.1 Å². The van der Waals surface area contributed by atoms with Crippen LogP contribution in [0, 0.1) is 17.6 Å². The van der Waals surface area contributed by atoms with Gasteiger partial charge in [0.1, 0.15) is 11.6 Å². The molecule has 1 aromatic rings. The fourth-order valence-corrected chi connectivity index (χ4v) is 2.52. The number of hydrogen-bond acceptors (Lipinski definition) is 2. The first-order valence-corrected chi connectivity index (χ1v) is 6.42. The van der Waals surface area contributed by atoms with Gasteiger partial charge in [0.25, 0.3) is 0 Å². The topological polar surface area (TPSA) is 29.3 Å². The van der Waals surface area contributed by atoms with E-state index in [1.165, 1.54) is 12.1 Å². The van der Waals surface area contributed by atoms with Crippen LogP contribution in [-0.2, 0) is 6.54 Å². The lowest BCUT2D eigenvalue weighted by Gasteiger charge is -2.31. The summed E-state index contributed by atoms with van der Waals surface area (Å²) in [6.45, 7) is 2.07. The van der Waals surface area contributed by atoms with Crippen molar-refractivity contribution in [2.24, 2.45) is 11.7 Å². The van der Waals surface area contributed by atoms with E-state index < -0.39 is 5.82 Å². The zero-order valence-electron chi connectivity index (χ0n) is 10.0. The number of nitrogens with two attached hydrogens (primary N) is 1. The van der Waals surface area contributed by atoms with Gasteiger partial charge in [-0.3, -0.25) is 4.90 Å². The molecule has 98 valence electrons. The van der Waals surface area contributed by atoms with Crippen molar-refractivity contribution >= 4 is 17.2 Å². The zero-order valence-corrected chi connectivity index (χ0v) is 10.9. The van der Waals surface area contributed by atoms with E-state index in [1.54, 1.807) is 0 Å². The van der Waals surface area contributed by atoms with Crippen LogP contribution in [0.25, 0.3) is 0 Å². The predicted molar refractivity (Wildman–Crippen MR) is 71.1 cm³/mol. The van der Waals surface area contributed by atoms with Crippen molar-refractivity contribution in [3.63, 3.8) is 0 Å². The monoisotopic (exact) mass is 270 g/mol. The lowest BCUT2D eigenvalue weighted by atomic mass is 9.96. The quantitative estimate of drug-likeness (QED) is 0.856. The summed E-state index contributed by atoms with van der Waals surface area (Å²) in [5.74, 6) is -0.467. The molecule has 0 amide bonds. The van der Waals surface area contributed by atoms with Gasteiger partial charge in [0, 0.05) is 18.0 Å². The zero-order chi connectivity index (χ0) is 13.1. The van der Waals surface area contributed by atoms with Gasteiger partial charge in [-0.25, -0.2) is 8.78 Å². The molecule has 0 aliphatic carbocycles. The van der Waals surface area contributed by atoms with Gasteiger partial charge in [-0.15, -0.1) is 0 Å². The number of piperidine rings is 1. The fraction of sp³-hybridized carbons (Fsp3) is 0.462. The number of halogens is 2. The maximum atomic E-state index is 13.5. The van der Waals surface area contributed by atoms with E-state index >= 15 is 0 Å². The Morgan fingerprint density at radius 1 is 1.33 bits per heavy atom. The first-order valence-electron chi connectivity index (χ1n) is 6.02. The molecule has 0 bridgehead atoms. The van der Waals surface area contributed by atoms with Crippen LogP contribution >= 0.6 is 12.2 Å². The van der Waals surface area contributed by atoms with Crippen molar-refractivity contribution in [1.82, 2.24) is 4.90 Å². The number of thiocarbonyl (C=S) groups is 1. The van der Waals surface area contributed by atoms with Crippen molar-refractivity contribution < 1.29 is 8.78 Å². The van der Waals surface area contributed by atoms with Crippen molar-refractivity contribution in [1.29, 1.82) is 0 Å². The largest absolute Gasteiger partial charge is 0.393 e. The van der Waals surface area contributed by atoms with Gasteiger partial charge < -0.3 is 5.73 Å². The van der Waals surface area contributed by atoms with Gasteiger partial charge in [0.15, 0.2) is 0 Å². The highest BCUT2D eigenvalue weighted by Crippen LogP contribution is 2.20. The second-order valence-corrected chi connectivity index (χ2v) is 5.16. The Labute approximate surface area is 111 Å². The Kier molecular flexibility index (Phi) is 4.24. The predicted octanol–water partition coefficient (Wildman–Crippen LogP) is 2.46. The maximum Gasteiger partial charge on any atom is 0.127 e. The normalized spacial score (nSPS) is 17.9. The summed E-state index contributed by atoms with van der Waals surface area (Å²) in [4.78, 5) is 2.67. The molecule has 1 saturated heterocycles. The van der Waals surface area contributed by atoms with Crippen LogP contribution < -0.4 is 5.73 Å². The summed E-state index contributed by atoms with van der Waals surface area (Å²) >= 11 is 4.97. The number of benzene rings is 1. The summed E-state index contributed by atoms with van der Waals surface area (Å²) in [6, 6.07) is 3.57. The average molecular weight is 270 g/mol. The molecule has 0 atom stereocenters. The molecule has 5 heteroatoms. The van der Waals surface area contributed by atoms with Crippen LogP contribution in [-0.4, -0.2) is 23.0 Å². The molecule has 0 radical (unpaired) electrons. The third kappa shape index (κ3) is 3.23. The third-order valence-electron chi connectivity index (χ3n) is 3.39. The van der Waals surface area contributed by atoms with E-state index in [4.69, 9.17) is 18.0 Å². The molecule has 1 aliphatic heterocycles. The molecule has 1 aliphatic rings.